The maximum absolute atomic E-state index is 10.1. The summed E-state index contributed by atoms with van der Waals surface area (Å²) in [6.07, 6.45) is 0. The van der Waals surface area contributed by atoms with Gasteiger partial charge in [-0.1, -0.05) is 0 Å². The lowest BCUT2D eigenvalue weighted by Gasteiger charge is -2.27. The summed E-state index contributed by atoms with van der Waals surface area (Å²) in [6, 6.07) is 2.10. The first-order valence-electron chi connectivity index (χ1n) is 5.20. The first kappa shape index (κ1) is 14.1. The van der Waals surface area contributed by atoms with Crippen molar-refractivity contribution in [2.45, 2.75) is 19.1 Å². The molecule has 0 bridgehead atoms. The minimum Gasteiger partial charge on any atom is -0.388 e. The third kappa shape index (κ3) is 5.41. The quantitative estimate of drug-likeness (QED) is 0.843. The summed E-state index contributed by atoms with van der Waals surface area (Å²) in [7, 11) is 3.93. The van der Waals surface area contributed by atoms with Crippen LogP contribution in [0.2, 0.25) is 0 Å². The second-order valence-electron chi connectivity index (χ2n) is 4.60. The van der Waals surface area contributed by atoms with Gasteiger partial charge in [0.1, 0.15) is 0 Å². The Morgan fingerprint density at radius 2 is 2.25 bits per heavy atom. The molecule has 0 saturated heterocycles. The highest BCUT2D eigenvalue weighted by atomic mass is 79.9. The molecule has 1 rings (SSSR count). The molecule has 1 heterocycles. The molecule has 1 atom stereocenters. The van der Waals surface area contributed by atoms with Crippen molar-refractivity contribution in [1.82, 2.24) is 10.2 Å². The molecule has 16 heavy (non-hydrogen) atoms. The van der Waals surface area contributed by atoms with E-state index in [-0.39, 0.29) is 0 Å². The van der Waals surface area contributed by atoms with E-state index in [1.54, 1.807) is 11.3 Å². The standard InChI is InChI=1S/C11H19BrN2OS/c1-11(15,8-14(2)3)7-13-5-9-4-10(12)16-6-9/h4,6,13,15H,5,7-8H2,1-3H3. The average molecular weight is 307 g/mol. The van der Waals surface area contributed by atoms with Crippen LogP contribution in [0.3, 0.4) is 0 Å². The Hall–Kier alpha value is 0.0600. The molecule has 0 amide bonds. The molecule has 92 valence electrons. The average Bonchev–Trinajstić information content (AvgIpc) is 2.48. The molecular formula is C11H19BrN2OS. The van der Waals surface area contributed by atoms with E-state index in [1.807, 2.05) is 25.9 Å². The summed E-state index contributed by atoms with van der Waals surface area (Å²) in [5, 5.41) is 15.4. The van der Waals surface area contributed by atoms with Crippen molar-refractivity contribution in [3.05, 3.63) is 20.8 Å². The Balaban J connectivity index is 2.29. The molecule has 0 aliphatic rings. The number of thiophene rings is 1. The Labute approximate surface area is 110 Å². The van der Waals surface area contributed by atoms with Gasteiger partial charge in [0.15, 0.2) is 0 Å². The van der Waals surface area contributed by atoms with E-state index in [9.17, 15) is 5.11 Å². The number of hydrogen-bond donors (Lipinski definition) is 2. The summed E-state index contributed by atoms with van der Waals surface area (Å²) in [4.78, 5) is 1.99. The van der Waals surface area contributed by atoms with Crippen LogP contribution < -0.4 is 5.32 Å². The molecule has 1 aromatic rings. The molecule has 0 spiro atoms. The van der Waals surface area contributed by atoms with Gasteiger partial charge < -0.3 is 15.3 Å². The number of aliphatic hydroxyl groups is 1. The molecule has 0 aromatic carbocycles. The third-order valence-corrected chi connectivity index (χ3v) is 3.67. The lowest BCUT2D eigenvalue weighted by Crippen LogP contribution is -2.45. The molecule has 0 saturated carbocycles. The summed E-state index contributed by atoms with van der Waals surface area (Å²) in [5.41, 5.74) is 0.564. The van der Waals surface area contributed by atoms with E-state index in [0.29, 0.717) is 13.1 Å². The van der Waals surface area contributed by atoms with Crippen molar-refractivity contribution in [2.75, 3.05) is 27.2 Å². The number of hydrogen-bond acceptors (Lipinski definition) is 4. The number of rotatable bonds is 6. The van der Waals surface area contributed by atoms with Crippen LogP contribution in [0.4, 0.5) is 0 Å². The van der Waals surface area contributed by atoms with Gasteiger partial charge >= 0.3 is 0 Å². The van der Waals surface area contributed by atoms with Gasteiger partial charge in [-0.2, -0.15) is 0 Å². The highest BCUT2D eigenvalue weighted by molar-refractivity contribution is 9.11. The van der Waals surface area contributed by atoms with Crippen molar-refractivity contribution in [3.63, 3.8) is 0 Å². The van der Waals surface area contributed by atoms with Crippen LogP contribution in [-0.2, 0) is 6.54 Å². The second-order valence-corrected chi connectivity index (χ2v) is 6.89. The largest absolute Gasteiger partial charge is 0.388 e. The minimum atomic E-state index is -0.684. The summed E-state index contributed by atoms with van der Waals surface area (Å²) < 4.78 is 1.14. The van der Waals surface area contributed by atoms with Gasteiger partial charge in [-0.25, -0.2) is 0 Å². The Kier molecular flexibility index (Phi) is 5.40. The molecule has 2 N–H and O–H groups in total. The predicted octanol–water partition coefficient (Wildman–Crippen LogP) is 1.91. The lowest BCUT2D eigenvalue weighted by molar-refractivity contribution is 0.0336. The number of likely N-dealkylation sites (N-methyl/N-ethyl adjacent to an activating group) is 1. The van der Waals surface area contributed by atoms with Gasteiger partial charge in [0.2, 0.25) is 0 Å². The van der Waals surface area contributed by atoms with Crippen molar-refractivity contribution < 1.29 is 5.11 Å². The van der Waals surface area contributed by atoms with Crippen LogP contribution in [0.5, 0.6) is 0 Å². The van der Waals surface area contributed by atoms with E-state index >= 15 is 0 Å². The normalized spacial score (nSPS) is 15.4. The second kappa shape index (κ2) is 6.12. The molecular weight excluding hydrogens is 288 g/mol. The number of halogens is 1. The smallest absolute Gasteiger partial charge is 0.0869 e. The van der Waals surface area contributed by atoms with Crippen LogP contribution in [0.25, 0.3) is 0 Å². The highest BCUT2D eigenvalue weighted by Crippen LogP contribution is 2.20. The Morgan fingerprint density at radius 1 is 1.56 bits per heavy atom. The van der Waals surface area contributed by atoms with Crippen LogP contribution >= 0.6 is 27.3 Å². The lowest BCUT2D eigenvalue weighted by atomic mass is 10.1. The fraction of sp³-hybridized carbons (Fsp3) is 0.636. The van der Waals surface area contributed by atoms with E-state index in [4.69, 9.17) is 0 Å². The summed E-state index contributed by atoms with van der Waals surface area (Å²) >= 11 is 5.11. The molecule has 0 radical (unpaired) electrons. The first-order valence-corrected chi connectivity index (χ1v) is 6.87. The highest BCUT2D eigenvalue weighted by Gasteiger charge is 2.20. The van der Waals surface area contributed by atoms with Crippen molar-refractivity contribution >= 4 is 27.3 Å². The first-order chi connectivity index (χ1) is 7.39. The van der Waals surface area contributed by atoms with E-state index in [0.717, 1.165) is 10.3 Å². The number of nitrogens with zero attached hydrogens (tertiary/aromatic N) is 1. The third-order valence-electron chi connectivity index (χ3n) is 2.11. The molecule has 1 unspecified atom stereocenters. The molecule has 0 aliphatic carbocycles. The summed E-state index contributed by atoms with van der Waals surface area (Å²) in [5.74, 6) is 0. The molecule has 3 nitrogen and oxygen atoms in total. The van der Waals surface area contributed by atoms with E-state index < -0.39 is 5.60 Å². The van der Waals surface area contributed by atoms with Gasteiger partial charge in [-0.05, 0) is 54.0 Å². The Bertz CT molecular complexity index is 326. The molecule has 0 fully saturated rings. The zero-order valence-corrected chi connectivity index (χ0v) is 12.4. The SMILES string of the molecule is CN(C)CC(C)(O)CNCc1csc(Br)c1. The van der Waals surface area contributed by atoms with Gasteiger partial charge in [-0.15, -0.1) is 11.3 Å². The zero-order chi connectivity index (χ0) is 12.2. The minimum absolute atomic E-state index is 0.596. The fourth-order valence-electron chi connectivity index (χ4n) is 1.65. The Morgan fingerprint density at radius 3 is 2.75 bits per heavy atom. The van der Waals surface area contributed by atoms with Crippen molar-refractivity contribution in [2.24, 2.45) is 0 Å². The van der Waals surface area contributed by atoms with Gasteiger partial charge in [-0.3, -0.25) is 0 Å². The zero-order valence-electron chi connectivity index (χ0n) is 9.96. The van der Waals surface area contributed by atoms with Crippen LogP contribution in [0.1, 0.15) is 12.5 Å². The predicted molar refractivity (Wildman–Crippen MR) is 72.9 cm³/mol. The topological polar surface area (TPSA) is 35.5 Å². The van der Waals surface area contributed by atoms with Crippen LogP contribution in [0.15, 0.2) is 15.2 Å². The monoisotopic (exact) mass is 306 g/mol. The fourth-order valence-corrected chi connectivity index (χ4v) is 2.86. The summed E-state index contributed by atoms with van der Waals surface area (Å²) in [6.45, 7) is 3.90. The molecule has 0 aliphatic heterocycles. The van der Waals surface area contributed by atoms with E-state index in [2.05, 4.69) is 32.7 Å². The van der Waals surface area contributed by atoms with Gasteiger partial charge in [0, 0.05) is 19.6 Å². The van der Waals surface area contributed by atoms with Crippen LogP contribution in [-0.4, -0.2) is 42.8 Å². The van der Waals surface area contributed by atoms with Crippen LogP contribution in [0, 0.1) is 0 Å². The number of nitrogens with one attached hydrogen (secondary N) is 1. The van der Waals surface area contributed by atoms with E-state index in [1.165, 1.54) is 5.56 Å². The van der Waals surface area contributed by atoms with Gasteiger partial charge in [0.05, 0.1) is 9.39 Å². The maximum Gasteiger partial charge on any atom is 0.0869 e. The maximum atomic E-state index is 10.1. The van der Waals surface area contributed by atoms with Gasteiger partial charge in [0.25, 0.3) is 0 Å². The van der Waals surface area contributed by atoms with Crippen molar-refractivity contribution in [1.29, 1.82) is 0 Å². The van der Waals surface area contributed by atoms with Crippen molar-refractivity contribution in [3.8, 4) is 0 Å². The molecule has 5 heteroatoms. The molecule has 1 aromatic heterocycles.